The molecule has 2 N–H and O–H groups in total. The van der Waals surface area contributed by atoms with Crippen LogP contribution in [0, 0.1) is 5.92 Å². The van der Waals surface area contributed by atoms with Crippen LogP contribution in [0.1, 0.15) is 37.0 Å². The van der Waals surface area contributed by atoms with Gasteiger partial charge in [-0.05, 0) is 31.0 Å². The zero-order valence-electron chi connectivity index (χ0n) is 15.9. The molecule has 1 aromatic carbocycles. The minimum Gasteiger partial charge on any atom is -0.379 e. The molecule has 2 amide bonds. The second-order valence-corrected chi connectivity index (χ2v) is 6.80. The Morgan fingerprint density at radius 2 is 1.88 bits per heavy atom. The van der Waals surface area contributed by atoms with Crippen molar-refractivity contribution < 1.29 is 14.3 Å². The molecule has 1 aliphatic heterocycles. The van der Waals surface area contributed by atoms with Gasteiger partial charge in [-0.2, -0.15) is 0 Å². The number of nitrogens with one attached hydrogen (secondary N) is 2. The highest BCUT2D eigenvalue weighted by Crippen LogP contribution is 2.10. The molecule has 0 aliphatic carbocycles. The van der Waals surface area contributed by atoms with Crippen molar-refractivity contribution in [1.29, 1.82) is 0 Å². The highest BCUT2D eigenvalue weighted by atomic mass is 16.5. The van der Waals surface area contributed by atoms with E-state index in [1.807, 2.05) is 32.0 Å². The summed E-state index contributed by atoms with van der Waals surface area (Å²) in [5.41, 5.74) is 0.570. The van der Waals surface area contributed by atoms with Crippen LogP contribution in [0.25, 0.3) is 0 Å². The molecule has 6 nitrogen and oxygen atoms in total. The summed E-state index contributed by atoms with van der Waals surface area (Å²) in [5, 5.41) is 5.88. The number of carbonyl (C=O) groups is 2. The molecule has 1 aliphatic rings. The molecular formula is C20H31N3O3. The quantitative estimate of drug-likeness (QED) is 0.657. The monoisotopic (exact) mass is 361 g/mol. The van der Waals surface area contributed by atoms with Crippen LogP contribution in [0.4, 0.5) is 0 Å². The summed E-state index contributed by atoms with van der Waals surface area (Å²) in [6.07, 6.45) is 1.71. The minimum absolute atomic E-state index is 0.0712. The zero-order chi connectivity index (χ0) is 18.8. The molecule has 2 atom stereocenters. The molecule has 6 heteroatoms. The lowest BCUT2D eigenvalue weighted by atomic mass is 9.97. The maximum atomic E-state index is 12.6. The van der Waals surface area contributed by atoms with Crippen LogP contribution in [0.15, 0.2) is 30.3 Å². The Kier molecular flexibility index (Phi) is 8.58. The summed E-state index contributed by atoms with van der Waals surface area (Å²) in [5.74, 6) is -0.244. The van der Waals surface area contributed by atoms with Gasteiger partial charge in [0.25, 0.3) is 5.91 Å². The number of nitrogens with zero attached hydrogens (tertiary/aromatic N) is 1. The fourth-order valence-corrected chi connectivity index (χ4v) is 2.96. The molecular weight excluding hydrogens is 330 g/mol. The smallest absolute Gasteiger partial charge is 0.251 e. The number of morpholine rings is 1. The van der Waals surface area contributed by atoms with Crippen molar-refractivity contribution >= 4 is 11.8 Å². The first-order valence-electron chi connectivity index (χ1n) is 9.55. The third-order valence-corrected chi connectivity index (χ3v) is 4.87. The average molecular weight is 361 g/mol. The number of rotatable bonds is 9. The molecule has 2 rings (SSSR count). The van der Waals surface area contributed by atoms with Crippen LogP contribution >= 0.6 is 0 Å². The Morgan fingerprint density at radius 3 is 2.54 bits per heavy atom. The number of amides is 2. The summed E-state index contributed by atoms with van der Waals surface area (Å²) < 4.78 is 5.34. The van der Waals surface area contributed by atoms with Crippen LogP contribution in [-0.2, 0) is 9.53 Å². The molecule has 0 aromatic heterocycles. The number of benzene rings is 1. The molecule has 0 bridgehead atoms. The Hall–Kier alpha value is -1.92. The van der Waals surface area contributed by atoms with Crippen LogP contribution in [-0.4, -0.2) is 62.1 Å². The Labute approximate surface area is 156 Å². The van der Waals surface area contributed by atoms with Crippen LogP contribution in [0.3, 0.4) is 0 Å². The second kappa shape index (κ2) is 10.9. The van der Waals surface area contributed by atoms with Crippen molar-refractivity contribution in [2.24, 2.45) is 5.92 Å². The summed E-state index contributed by atoms with van der Waals surface area (Å²) in [6, 6.07) is 8.49. The molecule has 0 radical (unpaired) electrons. The van der Waals surface area contributed by atoms with E-state index < -0.39 is 6.04 Å². The molecule has 1 fully saturated rings. The zero-order valence-corrected chi connectivity index (χ0v) is 15.9. The molecule has 1 heterocycles. The fraction of sp³-hybridized carbons (Fsp3) is 0.600. The third-order valence-electron chi connectivity index (χ3n) is 4.87. The Balaban J connectivity index is 1.81. The van der Waals surface area contributed by atoms with Gasteiger partial charge in [-0.3, -0.25) is 14.5 Å². The summed E-state index contributed by atoms with van der Waals surface area (Å²) in [4.78, 5) is 27.4. The highest BCUT2D eigenvalue weighted by molar-refractivity contribution is 5.97. The van der Waals surface area contributed by atoms with Gasteiger partial charge in [0.15, 0.2) is 0 Å². The number of carbonyl (C=O) groups excluding carboxylic acids is 2. The van der Waals surface area contributed by atoms with E-state index in [2.05, 4.69) is 15.5 Å². The van der Waals surface area contributed by atoms with E-state index in [0.29, 0.717) is 12.1 Å². The van der Waals surface area contributed by atoms with Gasteiger partial charge in [0.2, 0.25) is 5.91 Å². The molecule has 1 aromatic rings. The molecule has 26 heavy (non-hydrogen) atoms. The molecule has 0 spiro atoms. The highest BCUT2D eigenvalue weighted by Gasteiger charge is 2.26. The Bertz CT molecular complexity index is 559. The van der Waals surface area contributed by atoms with Crippen molar-refractivity contribution in [3.63, 3.8) is 0 Å². The maximum absolute atomic E-state index is 12.6. The van der Waals surface area contributed by atoms with Gasteiger partial charge < -0.3 is 15.4 Å². The van der Waals surface area contributed by atoms with Gasteiger partial charge in [-0.15, -0.1) is 0 Å². The third kappa shape index (κ3) is 6.42. The first kappa shape index (κ1) is 20.4. The van der Waals surface area contributed by atoms with E-state index in [1.165, 1.54) is 0 Å². The van der Waals surface area contributed by atoms with Gasteiger partial charge in [0.05, 0.1) is 13.2 Å². The van der Waals surface area contributed by atoms with Crippen molar-refractivity contribution in [1.82, 2.24) is 15.5 Å². The molecule has 144 valence electrons. The lowest BCUT2D eigenvalue weighted by Gasteiger charge is -2.27. The predicted octanol–water partition coefficient (Wildman–Crippen LogP) is 1.67. The maximum Gasteiger partial charge on any atom is 0.251 e. The molecule has 2 unspecified atom stereocenters. The van der Waals surface area contributed by atoms with Gasteiger partial charge in [0.1, 0.15) is 6.04 Å². The van der Waals surface area contributed by atoms with Crippen LogP contribution < -0.4 is 10.6 Å². The van der Waals surface area contributed by atoms with Gasteiger partial charge >= 0.3 is 0 Å². The summed E-state index contributed by atoms with van der Waals surface area (Å²) >= 11 is 0. The summed E-state index contributed by atoms with van der Waals surface area (Å²) in [6.45, 7) is 9.06. The topological polar surface area (TPSA) is 70.7 Å². The number of hydrogen-bond acceptors (Lipinski definition) is 4. The molecule has 0 saturated carbocycles. The van der Waals surface area contributed by atoms with E-state index in [0.717, 1.165) is 45.7 Å². The lowest BCUT2D eigenvalue weighted by molar-refractivity contribution is -0.124. The van der Waals surface area contributed by atoms with Crippen molar-refractivity contribution in [3.05, 3.63) is 35.9 Å². The Morgan fingerprint density at radius 1 is 1.19 bits per heavy atom. The van der Waals surface area contributed by atoms with Gasteiger partial charge in [-0.1, -0.05) is 38.5 Å². The minimum atomic E-state index is -0.518. The standard InChI is InChI=1S/C20H31N3O3/c1-3-16(2)18(22-19(24)17-8-5-4-6-9-17)20(25)21-10-7-11-23-12-14-26-15-13-23/h4-6,8-9,16,18H,3,7,10-15H2,1-2H3,(H,21,25)(H,22,24). The van der Waals surface area contributed by atoms with E-state index in [1.54, 1.807) is 12.1 Å². The van der Waals surface area contributed by atoms with Crippen LogP contribution in [0.5, 0.6) is 0 Å². The van der Waals surface area contributed by atoms with Crippen molar-refractivity contribution in [3.8, 4) is 0 Å². The van der Waals surface area contributed by atoms with Crippen molar-refractivity contribution in [2.75, 3.05) is 39.4 Å². The van der Waals surface area contributed by atoms with E-state index in [4.69, 9.17) is 4.74 Å². The molecule has 1 saturated heterocycles. The van der Waals surface area contributed by atoms with E-state index >= 15 is 0 Å². The van der Waals surface area contributed by atoms with E-state index in [9.17, 15) is 9.59 Å². The lowest BCUT2D eigenvalue weighted by Crippen LogP contribution is -2.50. The average Bonchev–Trinajstić information content (AvgIpc) is 2.70. The predicted molar refractivity (Wildman–Crippen MR) is 102 cm³/mol. The van der Waals surface area contributed by atoms with Crippen LogP contribution in [0.2, 0.25) is 0 Å². The summed E-state index contributed by atoms with van der Waals surface area (Å²) in [7, 11) is 0. The first-order valence-corrected chi connectivity index (χ1v) is 9.55. The first-order chi connectivity index (χ1) is 12.6. The van der Waals surface area contributed by atoms with Crippen molar-refractivity contribution in [2.45, 2.75) is 32.7 Å². The second-order valence-electron chi connectivity index (χ2n) is 6.80. The van der Waals surface area contributed by atoms with Gasteiger partial charge in [-0.25, -0.2) is 0 Å². The largest absolute Gasteiger partial charge is 0.379 e. The SMILES string of the molecule is CCC(C)C(NC(=O)c1ccccc1)C(=O)NCCCN1CCOCC1. The van der Waals surface area contributed by atoms with E-state index in [-0.39, 0.29) is 17.7 Å². The van der Waals surface area contributed by atoms with Gasteiger partial charge in [0, 0.05) is 25.2 Å². The normalized spacial score (nSPS) is 17.3. The fourth-order valence-electron chi connectivity index (χ4n) is 2.96. The number of hydrogen-bond donors (Lipinski definition) is 2. The number of ether oxygens (including phenoxy) is 1.